The lowest BCUT2D eigenvalue weighted by molar-refractivity contribution is -0.398. The summed E-state index contributed by atoms with van der Waals surface area (Å²) in [5.74, 6) is -2.30. The van der Waals surface area contributed by atoms with Crippen molar-refractivity contribution < 1.29 is 19.6 Å². The monoisotopic (exact) mass is 307 g/mol. The molecule has 1 aromatic carbocycles. The minimum absolute atomic E-state index is 0.200. The maximum atomic E-state index is 11.4. The quantitative estimate of drug-likeness (QED) is 0.338. The summed E-state index contributed by atoms with van der Waals surface area (Å²) in [6.45, 7) is 4.11. The Kier molecular flexibility index (Phi) is 5.99. The van der Waals surface area contributed by atoms with Crippen molar-refractivity contribution in [2.24, 2.45) is 11.0 Å². The summed E-state index contributed by atoms with van der Waals surface area (Å²) in [7, 11) is 0. The summed E-state index contributed by atoms with van der Waals surface area (Å²) >= 11 is 0. The zero-order valence-electron chi connectivity index (χ0n) is 12.0. The average molecular weight is 307 g/mol. The Morgan fingerprint density at radius 2 is 2.05 bits per heavy atom. The van der Waals surface area contributed by atoms with Crippen LogP contribution in [0.3, 0.4) is 0 Å². The molecular weight excluding hydrogens is 292 g/mol. The molecule has 118 valence electrons. The van der Waals surface area contributed by atoms with Crippen LogP contribution in [-0.2, 0) is 9.59 Å². The van der Waals surface area contributed by atoms with Crippen molar-refractivity contribution in [2.75, 3.05) is 6.54 Å². The summed E-state index contributed by atoms with van der Waals surface area (Å²) in [6, 6.07) is 3.36. The summed E-state index contributed by atoms with van der Waals surface area (Å²) in [6.07, 6.45) is 1.10. The van der Waals surface area contributed by atoms with Gasteiger partial charge in [0.25, 0.3) is 5.69 Å². The molecule has 0 saturated carbocycles. The maximum absolute atomic E-state index is 11.4. The van der Waals surface area contributed by atoms with Gasteiger partial charge in [-0.1, -0.05) is 26.0 Å². The lowest BCUT2D eigenvalue weighted by Crippen LogP contribution is -2.39. The molecule has 22 heavy (non-hydrogen) atoms. The Labute approximate surface area is 126 Å². The molecule has 0 aromatic heterocycles. The van der Waals surface area contributed by atoms with Crippen molar-refractivity contribution in [1.82, 2.24) is 10.7 Å². The van der Waals surface area contributed by atoms with Gasteiger partial charge in [0.1, 0.15) is 0 Å². The van der Waals surface area contributed by atoms with Gasteiger partial charge in [-0.2, -0.15) is 5.10 Å². The number of hydrazone groups is 1. The highest BCUT2D eigenvalue weighted by Gasteiger charge is 2.12. The number of nitrogens with zero attached hydrogens (tertiary/aromatic N) is 2. The zero-order chi connectivity index (χ0) is 16.7. The van der Waals surface area contributed by atoms with Crippen LogP contribution in [-0.4, -0.2) is 29.5 Å². The first-order chi connectivity index (χ1) is 10.3. The number of carbonyl (C=O) groups is 2. The van der Waals surface area contributed by atoms with Crippen molar-refractivity contribution in [2.45, 2.75) is 13.8 Å². The smallest absolute Gasteiger partial charge is 0.329 e. The molecule has 0 heterocycles. The van der Waals surface area contributed by atoms with Crippen LogP contribution in [0.4, 0.5) is 5.69 Å². The van der Waals surface area contributed by atoms with E-state index in [0.717, 1.165) is 18.3 Å². The highest BCUT2D eigenvalue weighted by Crippen LogP contribution is 2.22. The first kappa shape index (κ1) is 17.1. The molecule has 0 saturated heterocycles. The van der Waals surface area contributed by atoms with E-state index in [2.05, 4.69) is 10.4 Å². The number of benzene rings is 1. The molecule has 0 unspecified atom stereocenters. The lowest BCUT2D eigenvalue weighted by Gasteiger charge is -2.06. The van der Waals surface area contributed by atoms with Crippen LogP contribution in [0.2, 0.25) is 0 Å². The molecule has 1 rings (SSSR count). The van der Waals surface area contributed by atoms with Gasteiger partial charge in [-0.15, -0.1) is 0 Å². The number of nitro benzene ring substituents is 1. The van der Waals surface area contributed by atoms with E-state index >= 15 is 0 Å². The average Bonchev–Trinajstić information content (AvgIpc) is 2.45. The van der Waals surface area contributed by atoms with Crippen molar-refractivity contribution in [1.29, 1.82) is 0 Å². The highest BCUT2D eigenvalue weighted by molar-refractivity contribution is 6.35. The van der Waals surface area contributed by atoms with E-state index in [-0.39, 0.29) is 11.5 Å². The number of hydrogen-bond acceptors (Lipinski definition) is 6. The second-order valence-electron chi connectivity index (χ2n) is 4.79. The molecule has 0 aliphatic rings. The van der Waals surface area contributed by atoms with E-state index in [1.54, 1.807) is 0 Å². The number of rotatable bonds is 5. The van der Waals surface area contributed by atoms with Crippen LogP contribution in [0, 0.1) is 16.0 Å². The highest BCUT2D eigenvalue weighted by atomic mass is 16.6. The van der Waals surface area contributed by atoms with Crippen LogP contribution in [0.5, 0.6) is 5.75 Å². The number of hydrogen-bond donors (Lipinski definition) is 2. The molecule has 0 fully saturated rings. The first-order valence-electron chi connectivity index (χ1n) is 6.38. The third-order valence-corrected chi connectivity index (χ3v) is 2.44. The van der Waals surface area contributed by atoms with Crippen molar-refractivity contribution in [3.8, 4) is 5.75 Å². The van der Waals surface area contributed by atoms with Crippen molar-refractivity contribution >= 4 is 23.7 Å². The minimum Gasteiger partial charge on any atom is -0.868 e. The molecule has 0 aliphatic carbocycles. The summed E-state index contributed by atoms with van der Waals surface area (Å²) in [5.41, 5.74) is 1.64. The van der Waals surface area contributed by atoms with E-state index in [9.17, 15) is 24.8 Å². The summed E-state index contributed by atoms with van der Waals surface area (Å²) < 4.78 is 0. The Morgan fingerprint density at radius 3 is 2.64 bits per heavy atom. The van der Waals surface area contributed by atoms with Gasteiger partial charge >= 0.3 is 11.8 Å². The van der Waals surface area contributed by atoms with Gasteiger partial charge < -0.3 is 10.4 Å². The number of nitro groups is 1. The molecule has 2 N–H and O–H groups in total. The van der Waals surface area contributed by atoms with Gasteiger partial charge in [0, 0.05) is 18.2 Å². The topological polar surface area (TPSA) is 137 Å². The standard InChI is InChI=1S/C13H16N4O5/c1-8(2)6-14-12(19)13(20)16-15-7-9-3-4-11(18)10(5-9)17(21)22/h3-5,7-8,18H,6H2,1-2H3,(H,14,19)(H,16,20)/p-1/b15-7-. The minimum atomic E-state index is -0.952. The Balaban J connectivity index is 2.62. The van der Waals surface area contributed by atoms with Crippen molar-refractivity contribution in [3.05, 3.63) is 33.9 Å². The number of nitrogens with one attached hydrogen (secondary N) is 2. The zero-order valence-corrected chi connectivity index (χ0v) is 12.0. The SMILES string of the molecule is CC(C)CNC(=O)C(=O)N/N=C\c1ccc([O-])c([N+](=O)[O-])c1. The van der Waals surface area contributed by atoms with Gasteiger partial charge in [0.2, 0.25) is 0 Å². The molecule has 9 nitrogen and oxygen atoms in total. The predicted octanol–water partition coefficient (Wildman–Crippen LogP) is -0.109. The molecule has 2 amide bonds. The Bertz CT molecular complexity index is 612. The van der Waals surface area contributed by atoms with Crippen LogP contribution >= 0.6 is 0 Å². The maximum Gasteiger partial charge on any atom is 0.329 e. The molecule has 0 spiro atoms. The normalized spacial score (nSPS) is 10.7. The fourth-order valence-corrected chi connectivity index (χ4v) is 1.35. The molecule has 0 radical (unpaired) electrons. The van der Waals surface area contributed by atoms with Crippen LogP contribution < -0.4 is 15.8 Å². The van der Waals surface area contributed by atoms with Crippen molar-refractivity contribution in [3.63, 3.8) is 0 Å². The molecule has 0 bridgehead atoms. The fraction of sp³-hybridized carbons (Fsp3) is 0.308. The third kappa shape index (κ3) is 5.19. The van der Waals surface area contributed by atoms with E-state index in [1.807, 2.05) is 19.3 Å². The van der Waals surface area contributed by atoms with Gasteiger partial charge in [0.15, 0.2) is 0 Å². The van der Waals surface area contributed by atoms with Gasteiger partial charge in [0.05, 0.1) is 11.1 Å². The van der Waals surface area contributed by atoms with Gasteiger partial charge in [-0.25, -0.2) is 5.43 Å². The van der Waals surface area contributed by atoms with E-state index < -0.39 is 28.2 Å². The number of amides is 2. The lowest BCUT2D eigenvalue weighted by atomic mass is 10.2. The number of carbonyl (C=O) groups excluding carboxylic acids is 2. The van der Waals surface area contributed by atoms with Crippen LogP contribution in [0.15, 0.2) is 23.3 Å². The van der Waals surface area contributed by atoms with E-state index in [1.165, 1.54) is 6.07 Å². The first-order valence-corrected chi connectivity index (χ1v) is 6.38. The van der Waals surface area contributed by atoms with Gasteiger partial charge in [-0.3, -0.25) is 19.7 Å². The summed E-state index contributed by atoms with van der Waals surface area (Å²) in [4.78, 5) is 32.5. The second-order valence-corrected chi connectivity index (χ2v) is 4.79. The van der Waals surface area contributed by atoms with E-state index in [0.29, 0.717) is 6.54 Å². The van der Waals surface area contributed by atoms with Crippen LogP contribution in [0.1, 0.15) is 19.4 Å². The molecule has 0 atom stereocenters. The predicted molar refractivity (Wildman–Crippen MR) is 76.1 cm³/mol. The molecule has 1 aromatic rings. The third-order valence-electron chi connectivity index (χ3n) is 2.44. The van der Waals surface area contributed by atoms with E-state index in [4.69, 9.17) is 0 Å². The fourth-order valence-electron chi connectivity index (χ4n) is 1.35. The molecule has 9 heteroatoms. The van der Waals surface area contributed by atoms with Gasteiger partial charge in [-0.05, 0) is 11.7 Å². The van der Waals surface area contributed by atoms with Crippen LogP contribution in [0.25, 0.3) is 0 Å². The summed E-state index contributed by atoms with van der Waals surface area (Å²) in [5, 5.41) is 27.7. The largest absolute Gasteiger partial charge is 0.868 e. The molecule has 0 aliphatic heterocycles. The Morgan fingerprint density at radius 1 is 1.36 bits per heavy atom. The second kappa shape index (κ2) is 7.72. The Hall–Kier alpha value is -2.97. The molecular formula is C13H15N4O5-.